The summed E-state index contributed by atoms with van der Waals surface area (Å²) in [5.41, 5.74) is 0. The number of allylic oxidation sites excluding steroid dienone is 4. The SMILES string of the molecule is C=CC(=O)OC(CCCCCCCCCCCCCCCCC)OC(=O)CCCCCCC/C=C\C/C=C\CCCCC. The van der Waals surface area contributed by atoms with Crippen molar-refractivity contribution in [2.45, 2.75) is 200 Å². The van der Waals surface area contributed by atoms with E-state index in [1.54, 1.807) is 0 Å². The summed E-state index contributed by atoms with van der Waals surface area (Å²) in [5.74, 6) is -0.802. The van der Waals surface area contributed by atoms with Crippen LogP contribution in [0, 0.1) is 0 Å². The summed E-state index contributed by atoms with van der Waals surface area (Å²) < 4.78 is 10.8. The van der Waals surface area contributed by atoms with Crippen molar-refractivity contribution in [3.63, 3.8) is 0 Å². The Hall–Kier alpha value is -1.84. The Balaban J connectivity index is 3.79. The predicted molar refractivity (Wildman–Crippen MR) is 185 cm³/mol. The molecule has 0 saturated carbocycles. The van der Waals surface area contributed by atoms with Gasteiger partial charge in [0, 0.05) is 18.9 Å². The van der Waals surface area contributed by atoms with Crippen LogP contribution >= 0.6 is 0 Å². The van der Waals surface area contributed by atoms with Crippen LogP contribution in [0.2, 0.25) is 0 Å². The van der Waals surface area contributed by atoms with E-state index >= 15 is 0 Å². The summed E-state index contributed by atoms with van der Waals surface area (Å²) in [7, 11) is 0. The summed E-state index contributed by atoms with van der Waals surface area (Å²) in [5, 5.41) is 0. The maximum absolute atomic E-state index is 12.4. The number of carbonyl (C=O) groups is 2. The van der Waals surface area contributed by atoms with E-state index in [2.05, 4.69) is 44.7 Å². The summed E-state index contributed by atoms with van der Waals surface area (Å²) in [6.07, 6.45) is 42.6. The van der Waals surface area contributed by atoms with Gasteiger partial charge in [0.25, 0.3) is 0 Å². The van der Waals surface area contributed by atoms with Crippen LogP contribution < -0.4 is 0 Å². The van der Waals surface area contributed by atoms with Crippen LogP contribution in [-0.4, -0.2) is 18.2 Å². The number of esters is 2. The Labute approximate surface area is 267 Å². The fraction of sp³-hybridized carbons (Fsp3) is 0.795. The number of hydrogen-bond donors (Lipinski definition) is 0. The van der Waals surface area contributed by atoms with Crippen LogP contribution in [0.3, 0.4) is 0 Å². The molecule has 0 radical (unpaired) electrons. The van der Waals surface area contributed by atoms with Gasteiger partial charge < -0.3 is 9.47 Å². The molecule has 0 rings (SSSR count). The molecule has 0 fully saturated rings. The van der Waals surface area contributed by atoms with Gasteiger partial charge in [-0.2, -0.15) is 0 Å². The van der Waals surface area contributed by atoms with Gasteiger partial charge in [-0.3, -0.25) is 4.79 Å². The summed E-state index contributed by atoms with van der Waals surface area (Å²) in [6.45, 7) is 7.98. The topological polar surface area (TPSA) is 52.6 Å². The highest BCUT2D eigenvalue weighted by Gasteiger charge is 2.17. The van der Waals surface area contributed by atoms with Crippen LogP contribution in [0.5, 0.6) is 0 Å². The molecule has 0 aliphatic carbocycles. The molecule has 4 heteroatoms. The van der Waals surface area contributed by atoms with Gasteiger partial charge in [-0.05, 0) is 44.9 Å². The van der Waals surface area contributed by atoms with Gasteiger partial charge in [0.15, 0.2) is 0 Å². The molecule has 0 aliphatic rings. The molecule has 0 aliphatic heterocycles. The number of ether oxygens (including phenoxy) is 2. The van der Waals surface area contributed by atoms with Crippen molar-refractivity contribution in [2.24, 2.45) is 0 Å². The van der Waals surface area contributed by atoms with Crippen molar-refractivity contribution in [3.05, 3.63) is 37.0 Å². The lowest BCUT2D eigenvalue weighted by atomic mass is 10.0. The molecule has 4 nitrogen and oxygen atoms in total. The fourth-order valence-corrected chi connectivity index (χ4v) is 5.29. The first-order valence-corrected chi connectivity index (χ1v) is 18.5. The number of hydrogen-bond acceptors (Lipinski definition) is 4. The molecule has 0 heterocycles. The van der Waals surface area contributed by atoms with Gasteiger partial charge in [-0.1, -0.05) is 167 Å². The van der Waals surface area contributed by atoms with Crippen LogP contribution in [0.25, 0.3) is 0 Å². The van der Waals surface area contributed by atoms with E-state index in [1.165, 1.54) is 122 Å². The van der Waals surface area contributed by atoms with Crippen LogP contribution in [0.4, 0.5) is 0 Å². The van der Waals surface area contributed by atoms with Crippen molar-refractivity contribution < 1.29 is 19.1 Å². The highest BCUT2D eigenvalue weighted by molar-refractivity contribution is 5.81. The van der Waals surface area contributed by atoms with E-state index in [4.69, 9.17) is 9.47 Å². The molecule has 0 N–H and O–H groups in total. The maximum Gasteiger partial charge on any atom is 0.333 e. The Morgan fingerprint density at radius 3 is 1.47 bits per heavy atom. The molecule has 0 spiro atoms. The normalized spacial score (nSPS) is 12.2. The Bertz CT molecular complexity index is 681. The van der Waals surface area contributed by atoms with Gasteiger partial charge in [0.2, 0.25) is 6.29 Å². The Kier molecular flexibility index (Phi) is 33.2. The second kappa shape index (κ2) is 34.6. The van der Waals surface area contributed by atoms with E-state index in [9.17, 15) is 9.59 Å². The van der Waals surface area contributed by atoms with E-state index in [0.717, 1.165) is 51.0 Å². The molecule has 250 valence electrons. The number of carbonyl (C=O) groups excluding carboxylic acids is 2. The standard InChI is InChI=1S/C39H70O4/c1-4-7-9-11-13-15-17-19-21-23-25-27-29-31-33-35-38(41)43-39(42-37(40)6-3)36-34-32-30-28-26-24-22-20-18-16-14-12-10-8-5-2/h6,13,15,19,21,39H,3-5,7-12,14,16-18,20,22-36H2,1-2H3/b15-13-,21-19-. The van der Waals surface area contributed by atoms with Crippen LogP contribution in [0.1, 0.15) is 194 Å². The largest absolute Gasteiger partial charge is 0.425 e. The average molecular weight is 603 g/mol. The number of unbranched alkanes of at least 4 members (excludes halogenated alkanes) is 22. The highest BCUT2D eigenvalue weighted by atomic mass is 16.7. The second-order valence-corrected chi connectivity index (χ2v) is 12.3. The van der Waals surface area contributed by atoms with Crippen molar-refractivity contribution in [2.75, 3.05) is 0 Å². The minimum absolute atomic E-state index is 0.270. The lowest BCUT2D eigenvalue weighted by molar-refractivity contribution is -0.185. The fourth-order valence-electron chi connectivity index (χ4n) is 5.29. The molecule has 0 saturated heterocycles. The van der Waals surface area contributed by atoms with E-state index < -0.39 is 12.3 Å². The molecule has 43 heavy (non-hydrogen) atoms. The minimum Gasteiger partial charge on any atom is -0.425 e. The van der Waals surface area contributed by atoms with Crippen molar-refractivity contribution in [1.29, 1.82) is 0 Å². The zero-order valence-corrected chi connectivity index (χ0v) is 28.6. The Morgan fingerprint density at radius 2 is 0.953 bits per heavy atom. The smallest absolute Gasteiger partial charge is 0.333 e. The van der Waals surface area contributed by atoms with E-state index in [0.29, 0.717) is 12.8 Å². The van der Waals surface area contributed by atoms with Crippen LogP contribution in [0.15, 0.2) is 37.0 Å². The van der Waals surface area contributed by atoms with Crippen LogP contribution in [-0.2, 0) is 19.1 Å². The zero-order chi connectivity index (χ0) is 31.5. The average Bonchev–Trinajstić information content (AvgIpc) is 3.00. The molecule has 0 aromatic rings. The molecule has 0 aromatic heterocycles. The lowest BCUT2D eigenvalue weighted by Crippen LogP contribution is -2.24. The molecule has 1 atom stereocenters. The Morgan fingerprint density at radius 1 is 0.535 bits per heavy atom. The second-order valence-electron chi connectivity index (χ2n) is 12.3. The molecule has 0 aromatic carbocycles. The van der Waals surface area contributed by atoms with Crippen molar-refractivity contribution in [3.8, 4) is 0 Å². The quantitative estimate of drug-likeness (QED) is 0.0246. The third-order valence-electron chi connectivity index (χ3n) is 8.05. The first kappa shape index (κ1) is 41.2. The van der Waals surface area contributed by atoms with E-state index in [-0.39, 0.29) is 5.97 Å². The number of rotatable bonds is 33. The van der Waals surface area contributed by atoms with Gasteiger partial charge in [-0.25, -0.2) is 4.79 Å². The van der Waals surface area contributed by atoms with E-state index in [1.807, 2.05) is 0 Å². The lowest BCUT2D eigenvalue weighted by Gasteiger charge is -2.17. The molecule has 1 unspecified atom stereocenters. The zero-order valence-electron chi connectivity index (χ0n) is 28.6. The predicted octanol–water partition coefficient (Wildman–Crippen LogP) is 12.7. The summed E-state index contributed by atoms with van der Waals surface area (Å²) in [4.78, 5) is 24.1. The third kappa shape index (κ3) is 32.9. The first-order valence-electron chi connectivity index (χ1n) is 18.5. The molecule has 0 amide bonds. The summed E-state index contributed by atoms with van der Waals surface area (Å²) in [6, 6.07) is 0. The minimum atomic E-state index is -0.794. The van der Waals surface area contributed by atoms with Crippen molar-refractivity contribution >= 4 is 11.9 Å². The highest BCUT2D eigenvalue weighted by Crippen LogP contribution is 2.16. The third-order valence-corrected chi connectivity index (χ3v) is 8.05. The van der Waals surface area contributed by atoms with Gasteiger partial charge in [-0.15, -0.1) is 0 Å². The summed E-state index contributed by atoms with van der Waals surface area (Å²) >= 11 is 0. The van der Waals surface area contributed by atoms with Crippen molar-refractivity contribution in [1.82, 2.24) is 0 Å². The van der Waals surface area contributed by atoms with Gasteiger partial charge >= 0.3 is 11.9 Å². The van der Waals surface area contributed by atoms with Gasteiger partial charge in [0.1, 0.15) is 0 Å². The maximum atomic E-state index is 12.4. The van der Waals surface area contributed by atoms with Gasteiger partial charge in [0.05, 0.1) is 0 Å². The molecule has 0 bridgehead atoms. The molecular weight excluding hydrogens is 532 g/mol. The monoisotopic (exact) mass is 603 g/mol. The molecular formula is C39H70O4. The first-order chi connectivity index (χ1) is 21.1.